The van der Waals surface area contributed by atoms with Crippen LogP contribution in [-0.2, 0) is 13.2 Å². The fourth-order valence-electron chi connectivity index (χ4n) is 1.80. The summed E-state index contributed by atoms with van der Waals surface area (Å²) in [5.41, 5.74) is 0.879. The van der Waals surface area contributed by atoms with Crippen molar-refractivity contribution in [3.05, 3.63) is 23.3 Å². The lowest BCUT2D eigenvalue weighted by molar-refractivity contribution is 0.188. The molecule has 0 saturated carbocycles. The van der Waals surface area contributed by atoms with Crippen molar-refractivity contribution in [2.45, 2.75) is 13.2 Å². The SMILES string of the molecule is O=C(O)NCCOc1cc(CO)c(CO)cc1OCCNC(=O)O. The zero-order chi connectivity index (χ0) is 17.9. The third-order valence-electron chi connectivity index (χ3n) is 2.88. The Hall–Kier alpha value is -2.72. The van der Waals surface area contributed by atoms with Crippen LogP contribution < -0.4 is 20.1 Å². The smallest absolute Gasteiger partial charge is 0.404 e. The van der Waals surface area contributed by atoms with E-state index >= 15 is 0 Å². The van der Waals surface area contributed by atoms with E-state index in [1.165, 1.54) is 12.1 Å². The van der Waals surface area contributed by atoms with E-state index in [0.29, 0.717) is 11.1 Å². The quantitative estimate of drug-likeness (QED) is 0.323. The standard InChI is InChI=1S/C14H20N2O8/c17-7-9-5-11(23-3-1-15-13(19)20)12(6-10(9)8-18)24-4-2-16-14(21)22/h5-6,15-18H,1-4,7-8H2,(H,19,20)(H,21,22). The molecule has 0 aliphatic rings. The number of aliphatic hydroxyl groups excluding tert-OH is 2. The molecule has 24 heavy (non-hydrogen) atoms. The van der Waals surface area contributed by atoms with E-state index in [2.05, 4.69) is 10.6 Å². The van der Waals surface area contributed by atoms with Crippen LogP contribution in [0, 0.1) is 0 Å². The lowest BCUT2D eigenvalue weighted by Gasteiger charge is -2.16. The molecule has 0 unspecified atom stereocenters. The monoisotopic (exact) mass is 344 g/mol. The van der Waals surface area contributed by atoms with Crippen LogP contribution in [0.1, 0.15) is 11.1 Å². The molecule has 0 aliphatic heterocycles. The maximum absolute atomic E-state index is 10.4. The Morgan fingerprint density at radius 3 is 1.50 bits per heavy atom. The maximum atomic E-state index is 10.4. The van der Waals surface area contributed by atoms with Gasteiger partial charge in [0.1, 0.15) is 13.2 Å². The van der Waals surface area contributed by atoms with Gasteiger partial charge in [-0.3, -0.25) is 0 Å². The van der Waals surface area contributed by atoms with Gasteiger partial charge in [-0.1, -0.05) is 0 Å². The van der Waals surface area contributed by atoms with Crippen LogP contribution in [0.4, 0.5) is 9.59 Å². The van der Waals surface area contributed by atoms with Gasteiger partial charge in [0.2, 0.25) is 0 Å². The Labute approximate surface area is 137 Å². The average Bonchev–Trinajstić information content (AvgIpc) is 2.55. The summed E-state index contributed by atoms with van der Waals surface area (Å²) in [5, 5.41) is 39.9. The topological polar surface area (TPSA) is 158 Å². The number of nitrogens with one attached hydrogen (secondary N) is 2. The largest absolute Gasteiger partial charge is 0.488 e. The molecule has 0 saturated heterocycles. The summed E-state index contributed by atoms with van der Waals surface area (Å²) in [6, 6.07) is 2.96. The Morgan fingerprint density at radius 1 is 0.833 bits per heavy atom. The number of aliphatic hydroxyl groups is 2. The van der Waals surface area contributed by atoms with E-state index in [0.717, 1.165) is 0 Å². The highest BCUT2D eigenvalue weighted by molar-refractivity contribution is 5.64. The molecule has 1 aromatic rings. The number of benzene rings is 1. The third-order valence-corrected chi connectivity index (χ3v) is 2.88. The molecule has 0 aromatic heterocycles. The molecule has 0 fully saturated rings. The van der Waals surface area contributed by atoms with Crippen LogP contribution in [0.25, 0.3) is 0 Å². The first-order valence-corrected chi connectivity index (χ1v) is 7.04. The van der Waals surface area contributed by atoms with Gasteiger partial charge in [-0.2, -0.15) is 0 Å². The van der Waals surface area contributed by atoms with E-state index in [9.17, 15) is 19.8 Å². The number of carbonyl (C=O) groups is 2. The number of rotatable bonds is 10. The molecule has 0 bridgehead atoms. The predicted octanol–water partition coefficient (Wildman–Crippen LogP) is -0.0360. The number of ether oxygens (including phenoxy) is 2. The van der Waals surface area contributed by atoms with Crippen molar-refractivity contribution in [3.63, 3.8) is 0 Å². The van der Waals surface area contributed by atoms with Crippen molar-refractivity contribution >= 4 is 12.2 Å². The third kappa shape index (κ3) is 6.58. The summed E-state index contributed by atoms with van der Waals surface area (Å²) in [7, 11) is 0. The molecule has 1 rings (SSSR count). The van der Waals surface area contributed by atoms with Crippen LogP contribution in [-0.4, -0.2) is 58.9 Å². The molecule has 0 aliphatic carbocycles. The summed E-state index contributed by atoms with van der Waals surface area (Å²) < 4.78 is 10.9. The molecule has 10 heteroatoms. The fraction of sp³-hybridized carbons (Fsp3) is 0.429. The van der Waals surface area contributed by atoms with Gasteiger partial charge in [0.25, 0.3) is 0 Å². The van der Waals surface area contributed by atoms with Gasteiger partial charge in [0, 0.05) is 0 Å². The van der Waals surface area contributed by atoms with Gasteiger partial charge in [-0.15, -0.1) is 0 Å². The van der Waals surface area contributed by atoms with Gasteiger partial charge in [-0.25, -0.2) is 9.59 Å². The fourth-order valence-corrected chi connectivity index (χ4v) is 1.80. The summed E-state index contributed by atoms with van der Waals surface area (Å²) in [4.78, 5) is 20.8. The van der Waals surface area contributed by atoms with Crippen LogP contribution in [0.3, 0.4) is 0 Å². The second-order valence-electron chi connectivity index (χ2n) is 4.54. The van der Waals surface area contributed by atoms with Crippen molar-refractivity contribution in [1.29, 1.82) is 0 Å². The first kappa shape index (κ1) is 19.3. The minimum atomic E-state index is -1.18. The molecule has 10 nitrogen and oxygen atoms in total. The first-order valence-electron chi connectivity index (χ1n) is 7.04. The van der Waals surface area contributed by atoms with Gasteiger partial charge >= 0.3 is 12.2 Å². The predicted molar refractivity (Wildman–Crippen MR) is 81.3 cm³/mol. The number of hydrogen-bond acceptors (Lipinski definition) is 6. The van der Waals surface area contributed by atoms with Crippen LogP contribution in [0.2, 0.25) is 0 Å². The average molecular weight is 344 g/mol. The molecule has 0 heterocycles. The van der Waals surface area contributed by atoms with Crippen molar-refractivity contribution in [1.82, 2.24) is 10.6 Å². The van der Waals surface area contributed by atoms with Gasteiger partial charge < -0.3 is 40.5 Å². The molecule has 2 amide bonds. The van der Waals surface area contributed by atoms with Crippen molar-refractivity contribution < 1.29 is 39.5 Å². The Kier molecular flexibility index (Phi) is 8.16. The summed E-state index contributed by atoms with van der Waals surface area (Å²) >= 11 is 0. The normalized spacial score (nSPS) is 10.1. The second kappa shape index (κ2) is 10.1. The molecule has 0 spiro atoms. The van der Waals surface area contributed by atoms with E-state index in [1.54, 1.807) is 0 Å². The Morgan fingerprint density at radius 2 is 1.21 bits per heavy atom. The van der Waals surface area contributed by atoms with Crippen molar-refractivity contribution in [3.8, 4) is 11.5 Å². The maximum Gasteiger partial charge on any atom is 0.404 e. The number of amides is 2. The highest BCUT2D eigenvalue weighted by atomic mass is 16.5. The molecule has 134 valence electrons. The van der Waals surface area contributed by atoms with Crippen LogP contribution in [0.15, 0.2) is 12.1 Å². The Bertz CT molecular complexity index is 515. The number of carboxylic acid groups (broad SMARTS) is 2. The highest BCUT2D eigenvalue weighted by Crippen LogP contribution is 2.31. The summed E-state index contributed by atoms with van der Waals surface area (Å²) in [5.74, 6) is 0.498. The second-order valence-corrected chi connectivity index (χ2v) is 4.54. The van der Waals surface area contributed by atoms with Crippen LogP contribution >= 0.6 is 0 Å². The molecular formula is C14H20N2O8. The zero-order valence-corrected chi connectivity index (χ0v) is 12.8. The molecule has 0 radical (unpaired) electrons. The lowest BCUT2D eigenvalue weighted by Crippen LogP contribution is -2.27. The summed E-state index contributed by atoms with van der Waals surface area (Å²) in [6.45, 7) is -0.489. The molecule has 6 N–H and O–H groups in total. The molecule has 0 atom stereocenters. The lowest BCUT2D eigenvalue weighted by atomic mass is 10.1. The highest BCUT2D eigenvalue weighted by Gasteiger charge is 2.12. The Balaban J connectivity index is 2.78. The van der Waals surface area contributed by atoms with Crippen molar-refractivity contribution in [2.24, 2.45) is 0 Å². The van der Waals surface area contributed by atoms with E-state index in [4.69, 9.17) is 19.7 Å². The van der Waals surface area contributed by atoms with Gasteiger partial charge in [0.05, 0.1) is 26.3 Å². The van der Waals surface area contributed by atoms with Crippen molar-refractivity contribution in [2.75, 3.05) is 26.3 Å². The molecule has 1 aromatic carbocycles. The van der Waals surface area contributed by atoms with Crippen LogP contribution in [0.5, 0.6) is 11.5 Å². The van der Waals surface area contributed by atoms with Gasteiger partial charge in [0.15, 0.2) is 11.5 Å². The summed E-state index contributed by atoms with van der Waals surface area (Å²) in [6.07, 6.45) is -2.36. The van der Waals surface area contributed by atoms with E-state index in [1.807, 2.05) is 0 Å². The number of hydrogen-bond donors (Lipinski definition) is 6. The minimum absolute atomic E-state index is 0.0272. The molecular weight excluding hydrogens is 324 g/mol. The van der Waals surface area contributed by atoms with E-state index in [-0.39, 0.29) is 51.0 Å². The minimum Gasteiger partial charge on any atom is -0.488 e. The van der Waals surface area contributed by atoms with Gasteiger partial charge in [-0.05, 0) is 23.3 Å². The first-order chi connectivity index (χ1) is 11.5. The van der Waals surface area contributed by atoms with E-state index < -0.39 is 12.2 Å². The zero-order valence-electron chi connectivity index (χ0n) is 12.8.